The number of hydrogen-bond acceptors (Lipinski definition) is 5. The fourth-order valence-electron chi connectivity index (χ4n) is 3.24. The highest BCUT2D eigenvalue weighted by atomic mass is 32.2. The van der Waals surface area contributed by atoms with Crippen molar-refractivity contribution in [3.63, 3.8) is 0 Å². The first kappa shape index (κ1) is 19.7. The van der Waals surface area contributed by atoms with Crippen LogP contribution < -0.4 is 0 Å². The topological polar surface area (TPSA) is 38.8 Å². The zero-order valence-electron chi connectivity index (χ0n) is 15.2. The largest absolute Gasteiger partial charge is 0.475 e. The third-order valence-electron chi connectivity index (χ3n) is 4.61. The molecule has 1 heterocycles. The van der Waals surface area contributed by atoms with Crippen LogP contribution in [0.25, 0.3) is 0 Å². The molecule has 0 N–H and O–H groups in total. The fraction of sp³-hybridized carbons (Fsp3) is 0.333. The van der Waals surface area contributed by atoms with Crippen molar-refractivity contribution < 1.29 is 14.3 Å². The standard InChI is InChI=1S/C21H23NO3S2/c1-27-21(26)25-18-12-13-22(19(14-18)17-10-6-3-7-11-17)20(23)24-15-16-8-4-2-5-9-16/h2-11,18-19H,12-15H2,1H3. The van der Waals surface area contributed by atoms with Gasteiger partial charge in [-0.15, -0.1) is 0 Å². The van der Waals surface area contributed by atoms with Crippen molar-refractivity contribution in [2.45, 2.75) is 31.6 Å². The molecule has 2 atom stereocenters. The molecule has 4 nitrogen and oxygen atoms in total. The van der Waals surface area contributed by atoms with Gasteiger partial charge in [-0.25, -0.2) is 4.79 Å². The highest BCUT2D eigenvalue weighted by molar-refractivity contribution is 8.22. The molecule has 1 aliphatic heterocycles. The van der Waals surface area contributed by atoms with Crippen LogP contribution in [-0.2, 0) is 16.1 Å². The third-order valence-corrected chi connectivity index (χ3v) is 5.63. The van der Waals surface area contributed by atoms with Gasteiger partial charge in [-0.1, -0.05) is 72.4 Å². The van der Waals surface area contributed by atoms with E-state index in [0.29, 0.717) is 17.3 Å². The van der Waals surface area contributed by atoms with Gasteiger partial charge in [0.25, 0.3) is 0 Å². The Bertz CT molecular complexity index is 755. The molecule has 0 aliphatic carbocycles. The van der Waals surface area contributed by atoms with Crippen molar-refractivity contribution in [2.24, 2.45) is 0 Å². The second-order valence-electron chi connectivity index (χ2n) is 6.38. The molecule has 6 heteroatoms. The van der Waals surface area contributed by atoms with Gasteiger partial charge >= 0.3 is 6.09 Å². The lowest BCUT2D eigenvalue weighted by Crippen LogP contribution is -2.43. The summed E-state index contributed by atoms with van der Waals surface area (Å²) in [5, 5.41) is 0. The highest BCUT2D eigenvalue weighted by Crippen LogP contribution is 2.33. The summed E-state index contributed by atoms with van der Waals surface area (Å²) in [4.78, 5) is 14.6. The van der Waals surface area contributed by atoms with Crippen LogP contribution in [0.1, 0.15) is 30.0 Å². The number of carbonyl (C=O) groups is 1. The Kier molecular flexibility index (Phi) is 7.12. The fourth-order valence-corrected chi connectivity index (χ4v) is 3.60. The lowest BCUT2D eigenvalue weighted by molar-refractivity contribution is 0.0329. The summed E-state index contributed by atoms with van der Waals surface area (Å²) in [6.07, 6.45) is 3.06. The predicted molar refractivity (Wildman–Crippen MR) is 113 cm³/mol. The monoisotopic (exact) mass is 401 g/mol. The van der Waals surface area contributed by atoms with Crippen molar-refractivity contribution in [1.29, 1.82) is 0 Å². The van der Waals surface area contributed by atoms with Crippen molar-refractivity contribution >= 4 is 34.5 Å². The van der Waals surface area contributed by atoms with Crippen LogP contribution in [0.2, 0.25) is 0 Å². The van der Waals surface area contributed by atoms with Gasteiger partial charge in [0.05, 0.1) is 6.04 Å². The predicted octanol–water partition coefficient (Wildman–Crippen LogP) is 5.19. The van der Waals surface area contributed by atoms with Crippen LogP contribution in [-0.4, -0.2) is 34.3 Å². The average molecular weight is 402 g/mol. The Morgan fingerprint density at radius 1 is 1.15 bits per heavy atom. The Morgan fingerprint density at radius 2 is 1.81 bits per heavy atom. The van der Waals surface area contributed by atoms with E-state index in [4.69, 9.17) is 21.7 Å². The van der Waals surface area contributed by atoms with Crippen LogP contribution in [0, 0.1) is 0 Å². The molecule has 1 saturated heterocycles. The van der Waals surface area contributed by atoms with Gasteiger partial charge in [0.2, 0.25) is 4.38 Å². The van der Waals surface area contributed by atoms with E-state index in [9.17, 15) is 4.79 Å². The maximum Gasteiger partial charge on any atom is 0.410 e. The van der Waals surface area contributed by atoms with Crippen LogP contribution in [0.15, 0.2) is 60.7 Å². The van der Waals surface area contributed by atoms with Gasteiger partial charge in [-0.05, 0) is 29.6 Å². The van der Waals surface area contributed by atoms with E-state index >= 15 is 0 Å². The number of hydrogen-bond donors (Lipinski definition) is 0. The number of amides is 1. The first-order chi connectivity index (χ1) is 13.2. The number of benzene rings is 2. The van der Waals surface area contributed by atoms with Gasteiger partial charge in [-0.3, -0.25) is 0 Å². The molecule has 0 aromatic heterocycles. The van der Waals surface area contributed by atoms with E-state index in [2.05, 4.69) is 0 Å². The van der Waals surface area contributed by atoms with Gasteiger partial charge < -0.3 is 14.4 Å². The molecule has 3 rings (SSSR count). The lowest BCUT2D eigenvalue weighted by Gasteiger charge is -2.38. The number of thioether (sulfide) groups is 1. The number of piperidine rings is 1. The van der Waals surface area contributed by atoms with Crippen molar-refractivity contribution in [3.05, 3.63) is 71.8 Å². The van der Waals surface area contributed by atoms with Crippen molar-refractivity contribution in [1.82, 2.24) is 4.90 Å². The number of rotatable bonds is 4. The Hall–Kier alpha value is -2.05. The van der Waals surface area contributed by atoms with Crippen LogP contribution in [0.3, 0.4) is 0 Å². The number of carbonyl (C=O) groups excluding carboxylic acids is 1. The zero-order valence-corrected chi connectivity index (χ0v) is 16.9. The van der Waals surface area contributed by atoms with Crippen LogP contribution in [0.4, 0.5) is 4.79 Å². The van der Waals surface area contributed by atoms with E-state index in [1.165, 1.54) is 11.8 Å². The summed E-state index contributed by atoms with van der Waals surface area (Å²) >= 11 is 6.64. The van der Waals surface area contributed by atoms with Crippen molar-refractivity contribution in [2.75, 3.05) is 12.8 Å². The molecule has 2 aromatic rings. The van der Waals surface area contributed by atoms with Crippen LogP contribution >= 0.6 is 24.0 Å². The molecule has 1 amide bonds. The zero-order chi connectivity index (χ0) is 19.1. The molecule has 1 fully saturated rings. The Morgan fingerprint density at radius 3 is 2.48 bits per heavy atom. The molecule has 2 aromatic carbocycles. The van der Waals surface area contributed by atoms with Crippen molar-refractivity contribution in [3.8, 4) is 0 Å². The summed E-state index contributed by atoms with van der Waals surface area (Å²) in [5.74, 6) is 0. The van der Waals surface area contributed by atoms with Crippen LogP contribution in [0.5, 0.6) is 0 Å². The SMILES string of the molecule is CSC(=S)OC1CCN(C(=O)OCc2ccccc2)C(c2ccccc2)C1. The second-order valence-corrected chi connectivity index (χ2v) is 7.79. The van der Waals surface area contributed by atoms with E-state index in [1.54, 1.807) is 4.90 Å². The normalized spacial score (nSPS) is 19.4. The minimum absolute atomic E-state index is 0.00771. The Balaban J connectivity index is 1.70. The van der Waals surface area contributed by atoms with Gasteiger partial charge in [-0.2, -0.15) is 0 Å². The molecule has 1 aliphatic rings. The summed E-state index contributed by atoms with van der Waals surface area (Å²) in [6, 6.07) is 19.7. The number of thiocarbonyl (C=S) groups is 1. The Labute approximate surface area is 169 Å². The van der Waals surface area contributed by atoms with E-state index < -0.39 is 0 Å². The first-order valence-electron chi connectivity index (χ1n) is 8.94. The molecular weight excluding hydrogens is 378 g/mol. The summed E-state index contributed by atoms with van der Waals surface area (Å²) in [7, 11) is 0. The highest BCUT2D eigenvalue weighted by Gasteiger charge is 2.34. The summed E-state index contributed by atoms with van der Waals surface area (Å²) in [6.45, 7) is 0.850. The van der Waals surface area contributed by atoms with E-state index in [0.717, 1.165) is 17.5 Å². The first-order valence-corrected chi connectivity index (χ1v) is 10.6. The molecule has 0 radical (unpaired) electrons. The van der Waals surface area contributed by atoms with Gasteiger partial charge in [0.15, 0.2) is 0 Å². The van der Waals surface area contributed by atoms with Gasteiger partial charge in [0, 0.05) is 19.4 Å². The number of nitrogens with zero attached hydrogens (tertiary/aromatic N) is 1. The maximum atomic E-state index is 12.8. The van der Waals surface area contributed by atoms with Gasteiger partial charge in [0.1, 0.15) is 12.7 Å². The molecule has 2 unspecified atom stereocenters. The minimum Gasteiger partial charge on any atom is -0.475 e. The number of ether oxygens (including phenoxy) is 2. The lowest BCUT2D eigenvalue weighted by atomic mass is 9.93. The van der Waals surface area contributed by atoms with E-state index in [1.807, 2.05) is 66.9 Å². The van der Waals surface area contributed by atoms with E-state index in [-0.39, 0.29) is 24.8 Å². The summed E-state index contributed by atoms with van der Waals surface area (Å²) < 4.78 is 12.0. The maximum absolute atomic E-state index is 12.8. The smallest absolute Gasteiger partial charge is 0.410 e. The molecular formula is C21H23NO3S2. The third kappa shape index (κ3) is 5.47. The average Bonchev–Trinajstić information content (AvgIpc) is 2.73. The molecule has 27 heavy (non-hydrogen) atoms. The molecule has 0 bridgehead atoms. The quantitative estimate of drug-likeness (QED) is 0.659. The molecule has 142 valence electrons. The minimum atomic E-state index is -0.293. The summed E-state index contributed by atoms with van der Waals surface area (Å²) in [5.41, 5.74) is 2.06. The molecule has 0 spiro atoms. The second kappa shape index (κ2) is 9.76. The molecule has 0 saturated carbocycles. The number of likely N-dealkylation sites (tertiary alicyclic amines) is 1.